The van der Waals surface area contributed by atoms with Crippen molar-refractivity contribution in [1.29, 1.82) is 0 Å². The largest absolute Gasteiger partial charge is 0.484 e. The fourth-order valence-electron chi connectivity index (χ4n) is 3.69. The third kappa shape index (κ3) is 6.02. The van der Waals surface area contributed by atoms with Crippen LogP contribution in [0.25, 0.3) is 11.1 Å². The maximum Gasteiger partial charge on any atom is 0.341 e. The van der Waals surface area contributed by atoms with E-state index >= 15 is 0 Å². The van der Waals surface area contributed by atoms with Gasteiger partial charge in [-0.15, -0.1) is 11.3 Å². The van der Waals surface area contributed by atoms with E-state index in [1.807, 2.05) is 54.8 Å². The Kier molecular flexibility index (Phi) is 8.28. The maximum absolute atomic E-state index is 12.7. The zero-order valence-electron chi connectivity index (χ0n) is 19.9. The summed E-state index contributed by atoms with van der Waals surface area (Å²) in [5.41, 5.74) is 5.63. The van der Waals surface area contributed by atoms with E-state index in [2.05, 4.69) is 26.1 Å². The van der Waals surface area contributed by atoms with Crippen molar-refractivity contribution in [3.63, 3.8) is 0 Å². The first-order valence-corrected chi connectivity index (χ1v) is 12.1. The molecule has 1 amide bonds. The molecule has 3 rings (SSSR count). The number of anilines is 1. The van der Waals surface area contributed by atoms with Crippen LogP contribution in [-0.4, -0.2) is 25.1 Å². The van der Waals surface area contributed by atoms with Gasteiger partial charge in [0.1, 0.15) is 16.3 Å². The van der Waals surface area contributed by atoms with Gasteiger partial charge in [0.2, 0.25) is 0 Å². The standard InChI is InChI=1S/C27H31NO4S/c1-6-19-8-10-20(11-9-19)23-16-33-26(25(23)27(30)31-7-2)28-24(29)15-32-21-12-13-22(17(3)4)18(5)14-21/h8-14,16-17H,6-7,15H2,1-5H3,(H,28,29). The van der Waals surface area contributed by atoms with Crippen LogP contribution in [0.5, 0.6) is 5.75 Å². The minimum Gasteiger partial charge on any atom is -0.484 e. The van der Waals surface area contributed by atoms with Crippen molar-refractivity contribution in [2.75, 3.05) is 18.5 Å². The highest BCUT2D eigenvalue weighted by Gasteiger charge is 2.23. The molecule has 1 heterocycles. The number of nitrogens with one attached hydrogen (secondary N) is 1. The summed E-state index contributed by atoms with van der Waals surface area (Å²) in [6.45, 7) is 10.3. The summed E-state index contributed by atoms with van der Waals surface area (Å²) in [5.74, 6) is 0.278. The minimum atomic E-state index is -0.454. The summed E-state index contributed by atoms with van der Waals surface area (Å²) in [6.07, 6.45) is 0.940. The van der Waals surface area contributed by atoms with Crippen molar-refractivity contribution in [1.82, 2.24) is 0 Å². The Morgan fingerprint density at radius 2 is 1.79 bits per heavy atom. The van der Waals surface area contributed by atoms with Gasteiger partial charge in [0.05, 0.1) is 6.61 Å². The van der Waals surface area contributed by atoms with Crippen molar-refractivity contribution in [3.8, 4) is 16.9 Å². The van der Waals surface area contributed by atoms with Crippen molar-refractivity contribution in [2.24, 2.45) is 0 Å². The molecule has 0 bridgehead atoms. The van der Waals surface area contributed by atoms with Crippen molar-refractivity contribution >= 4 is 28.2 Å². The molecule has 0 aliphatic carbocycles. The quantitative estimate of drug-likeness (QED) is 0.361. The topological polar surface area (TPSA) is 64.6 Å². The van der Waals surface area contributed by atoms with E-state index in [4.69, 9.17) is 9.47 Å². The molecule has 0 aliphatic rings. The molecule has 0 aliphatic heterocycles. The molecule has 33 heavy (non-hydrogen) atoms. The molecule has 2 aromatic carbocycles. The highest BCUT2D eigenvalue weighted by atomic mass is 32.1. The van der Waals surface area contributed by atoms with Gasteiger partial charge in [-0.3, -0.25) is 4.79 Å². The number of ether oxygens (including phenoxy) is 2. The Morgan fingerprint density at radius 1 is 1.06 bits per heavy atom. The Labute approximate surface area is 199 Å². The number of hydrogen-bond donors (Lipinski definition) is 1. The number of carbonyl (C=O) groups excluding carboxylic acids is 2. The number of carbonyl (C=O) groups is 2. The molecule has 0 radical (unpaired) electrons. The normalized spacial score (nSPS) is 10.8. The molecular weight excluding hydrogens is 434 g/mol. The second kappa shape index (κ2) is 11.1. The second-order valence-electron chi connectivity index (χ2n) is 8.13. The number of thiophene rings is 1. The fraction of sp³-hybridized carbons (Fsp3) is 0.333. The molecule has 174 valence electrons. The van der Waals surface area contributed by atoms with Crippen LogP contribution < -0.4 is 10.1 Å². The van der Waals surface area contributed by atoms with E-state index in [0.29, 0.717) is 22.2 Å². The van der Waals surface area contributed by atoms with E-state index in [9.17, 15) is 9.59 Å². The van der Waals surface area contributed by atoms with Gasteiger partial charge in [0.25, 0.3) is 5.91 Å². The predicted molar refractivity (Wildman–Crippen MR) is 134 cm³/mol. The summed E-state index contributed by atoms with van der Waals surface area (Å²) in [5, 5.41) is 5.16. The van der Waals surface area contributed by atoms with Gasteiger partial charge in [-0.1, -0.05) is 51.1 Å². The van der Waals surface area contributed by atoms with Crippen LogP contribution in [0.15, 0.2) is 47.8 Å². The molecule has 0 spiro atoms. The lowest BCUT2D eigenvalue weighted by Crippen LogP contribution is -2.21. The molecule has 1 aromatic heterocycles. The first kappa shape index (κ1) is 24.5. The Hall–Kier alpha value is -3.12. The molecule has 0 saturated heterocycles. The molecule has 0 saturated carbocycles. The molecular formula is C27H31NO4S. The predicted octanol–water partition coefficient (Wildman–Crippen LogP) is 6.60. The number of rotatable bonds is 9. The van der Waals surface area contributed by atoms with Crippen molar-refractivity contribution in [3.05, 3.63) is 70.1 Å². The molecule has 0 fully saturated rings. The Morgan fingerprint density at radius 3 is 2.39 bits per heavy atom. The summed E-state index contributed by atoms with van der Waals surface area (Å²) in [4.78, 5) is 25.4. The smallest absolute Gasteiger partial charge is 0.341 e. The second-order valence-corrected chi connectivity index (χ2v) is 9.01. The first-order chi connectivity index (χ1) is 15.8. The molecule has 0 atom stereocenters. The van der Waals surface area contributed by atoms with E-state index in [1.54, 1.807) is 6.92 Å². The van der Waals surface area contributed by atoms with Crippen LogP contribution in [0.1, 0.15) is 60.7 Å². The lowest BCUT2D eigenvalue weighted by atomic mass is 9.98. The van der Waals surface area contributed by atoms with Gasteiger partial charge in [-0.05, 0) is 60.6 Å². The van der Waals surface area contributed by atoms with Crippen molar-refractivity contribution < 1.29 is 19.1 Å². The van der Waals surface area contributed by atoms with Crippen LogP contribution in [0.4, 0.5) is 5.00 Å². The molecule has 3 aromatic rings. The summed E-state index contributed by atoms with van der Waals surface area (Å²) in [6, 6.07) is 13.9. The number of hydrogen-bond acceptors (Lipinski definition) is 5. The van der Waals surface area contributed by atoms with Crippen LogP contribution >= 0.6 is 11.3 Å². The monoisotopic (exact) mass is 465 g/mol. The Bertz CT molecular complexity index is 1120. The number of aryl methyl sites for hydroxylation is 2. The highest BCUT2D eigenvalue weighted by Crippen LogP contribution is 2.36. The molecule has 6 heteroatoms. The summed E-state index contributed by atoms with van der Waals surface area (Å²) in [7, 11) is 0. The van der Waals surface area contributed by atoms with Crippen LogP contribution in [-0.2, 0) is 16.0 Å². The van der Waals surface area contributed by atoms with E-state index in [-0.39, 0.29) is 19.1 Å². The van der Waals surface area contributed by atoms with Gasteiger partial charge in [-0.2, -0.15) is 0 Å². The lowest BCUT2D eigenvalue weighted by molar-refractivity contribution is -0.118. The van der Waals surface area contributed by atoms with Gasteiger partial charge < -0.3 is 14.8 Å². The number of benzene rings is 2. The van der Waals surface area contributed by atoms with Crippen LogP contribution in [0.2, 0.25) is 0 Å². The van der Waals surface area contributed by atoms with Gasteiger partial charge >= 0.3 is 5.97 Å². The average Bonchev–Trinajstić information content (AvgIpc) is 3.21. The van der Waals surface area contributed by atoms with Crippen LogP contribution in [0, 0.1) is 6.92 Å². The van der Waals surface area contributed by atoms with Crippen molar-refractivity contribution in [2.45, 2.75) is 47.0 Å². The number of esters is 1. The van der Waals surface area contributed by atoms with E-state index < -0.39 is 5.97 Å². The Balaban J connectivity index is 1.76. The fourth-order valence-corrected chi connectivity index (χ4v) is 4.66. The van der Waals surface area contributed by atoms with Crippen LogP contribution in [0.3, 0.4) is 0 Å². The third-order valence-electron chi connectivity index (χ3n) is 5.43. The third-order valence-corrected chi connectivity index (χ3v) is 6.33. The first-order valence-electron chi connectivity index (χ1n) is 11.2. The summed E-state index contributed by atoms with van der Waals surface area (Å²) < 4.78 is 11.0. The molecule has 0 unspecified atom stereocenters. The molecule has 1 N–H and O–H groups in total. The van der Waals surface area contributed by atoms with Gasteiger partial charge in [-0.25, -0.2) is 4.79 Å². The SMILES string of the molecule is CCOC(=O)c1c(-c2ccc(CC)cc2)csc1NC(=O)COc1ccc(C(C)C)c(C)c1. The highest BCUT2D eigenvalue weighted by molar-refractivity contribution is 7.15. The molecule has 5 nitrogen and oxygen atoms in total. The van der Waals surface area contributed by atoms with E-state index in [0.717, 1.165) is 23.1 Å². The average molecular weight is 466 g/mol. The zero-order chi connectivity index (χ0) is 24.0. The van der Waals surface area contributed by atoms with Gasteiger partial charge in [0, 0.05) is 10.9 Å². The van der Waals surface area contributed by atoms with E-state index in [1.165, 1.54) is 22.5 Å². The lowest BCUT2D eigenvalue weighted by Gasteiger charge is -2.13. The minimum absolute atomic E-state index is 0.152. The number of amides is 1. The zero-order valence-corrected chi connectivity index (χ0v) is 20.7. The maximum atomic E-state index is 12.7. The summed E-state index contributed by atoms with van der Waals surface area (Å²) >= 11 is 1.30. The van der Waals surface area contributed by atoms with Gasteiger partial charge in [0.15, 0.2) is 6.61 Å².